The molecular formula is C11H23F3N2O. The van der Waals surface area contributed by atoms with Gasteiger partial charge in [0.25, 0.3) is 0 Å². The van der Waals surface area contributed by atoms with Crippen molar-refractivity contribution < 1.29 is 18.3 Å². The molecule has 104 valence electrons. The smallest absolute Gasteiger partial charge is 0.390 e. The van der Waals surface area contributed by atoms with Gasteiger partial charge in [0.2, 0.25) is 0 Å². The fraction of sp³-hybridized carbons (Fsp3) is 1.00. The normalized spacial score (nSPS) is 16.2. The Balaban J connectivity index is 3.79. The van der Waals surface area contributed by atoms with Crippen LogP contribution in [0.25, 0.3) is 0 Å². The fourth-order valence-corrected chi connectivity index (χ4v) is 1.60. The zero-order valence-electron chi connectivity index (χ0n) is 10.7. The van der Waals surface area contributed by atoms with Gasteiger partial charge in [-0.1, -0.05) is 13.8 Å². The summed E-state index contributed by atoms with van der Waals surface area (Å²) < 4.78 is 36.1. The molecule has 0 amide bonds. The Bertz CT molecular complexity index is 196. The van der Waals surface area contributed by atoms with E-state index in [0.29, 0.717) is 6.54 Å². The molecule has 17 heavy (non-hydrogen) atoms. The molecule has 3 nitrogen and oxygen atoms in total. The first-order valence-corrected chi connectivity index (χ1v) is 5.99. The van der Waals surface area contributed by atoms with Crippen molar-refractivity contribution in [2.75, 3.05) is 26.2 Å². The zero-order chi connectivity index (χ0) is 13.5. The number of nitrogens with one attached hydrogen (secondary N) is 1. The van der Waals surface area contributed by atoms with Crippen LogP contribution < -0.4 is 5.32 Å². The molecule has 0 saturated carbocycles. The summed E-state index contributed by atoms with van der Waals surface area (Å²) in [5.41, 5.74) is 0. The van der Waals surface area contributed by atoms with Crippen molar-refractivity contribution >= 4 is 0 Å². The van der Waals surface area contributed by atoms with E-state index in [1.165, 1.54) is 6.92 Å². The van der Waals surface area contributed by atoms with E-state index in [4.69, 9.17) is 0 Å². The van der Waals surface area contributed by atoms with Crippen molar-refractivity contribution in [3.8, 4) is 0 Å². The summed E-state index contributed by atoms with van der Waals surface area (Å²) in [5, 5.41) is 12.3. The van der Waals surface area contributed by atoms with Crippen LogP contribution in [-0.4, -0.2) is 54.5 Å². The van der Waals surface area contributed by atoms with E-state index in [2.05, 4.69) is 5.32 Å². The molecule has 0 aliphatic rings. The molecule has 2 atom stereocenters. The molecule has 0 rings (SSSR count). The summed E-state index contributed by atoms with van der Waals surface area (Å²) in [6, 6.07) is -0.665. The minimum atomic E-state index is -4.16. The van der Waals surface area contributed by atoms with Crippen LogP contribution in [0.5, 0.6) is 0 Å². The summed E-state index contributed by atoms with van der Waals surface area (Å²) in [6.45, 7) is 7.76. The molecule has 6 heteroatoms. The van der Waals surface area contributed by atoms with E-state index in [1.54, 1.807) is 0 Å². The number of halogens is 3. The Morgan fingerprint density at radius 3 is 2.18 bits per heavy atom. The molecule has 0 aromatic rings. The number of hydrogen-bond acceptors (Lipinski definition) is 3. The molecule has 0 aromatic carbocycles. The first-order chi connectivity index (χ1) is 7.78. The van der Waals surface area contributed by atoms with Crippen LogP contribution in [-0.2, 0) is 0 Å². The van der Waals surface area contributed by atoms with E-state index in [1.807, 2.05) is 18.7 Å². The number of alkyl halides is 3. The molecule has 2 unspecified atom stereocenters. The third kappa shape index (κ3) is 9.38. The molecule has 0 aliphatic carbocycles. The first-order valence-electron chi connectivity index (χ1n) is 5.99. The van der Waals surface area contributed by atoms with Gasteiger partial charge in [0, 0.05) is 19.1 Å². The maximum absolute atomic E-state index is 12.0. The average molecular weight is 256 g/mol. The summed E-state index contributed by atoms with van der Waals surface area (Å²) in [5.74, 6) is 0. The van der Waals surface area contributed by atoms with Gasteiger partial charge in [-0.2, -0.15) is 13.2 Å². The van der Waals surface area contributed by atoms with E-state index < -0.39 is 24.7 Å². The lowest BCUT2D eigenvalue weighted by molar-refractivity contribution is -0.139. The number of hydrogen-bond donors (Lipinski definition) is 2. The maximum atomic E-state index is 12.0. The molecule has 0 radical (unpaired) electrons. The molecular weight excluding hydrogens is 233 g/mol. The molecule has 0 bridgehead atoms. The highest BCUT2D eigenvalue weighted by atomic mass is 19.4. The SMILES string of the molecule is CCN(CC)CC(O)CNC(C)CC(F)(F)F. The predicted octanol–water partition coefficient (Wildman–Crippen LogP) is 1.62. The minimum absolute atomic E-state index is 0.188. The van der Waals surface area contributed by atoms with Gasteiger partial charge in [-0.05, 0) is 20.0 Å². The van der Waals surface area contributed by atoms with Crippen molar-refractivity contribution in [3.63, 3.8) is 0 Å². The Hall–Kier alpha value is -0.330. The van der Waals surface area contributed by atoms with E-state index in [0.717, 1.165) is 13.1 Å². The van der Waals surface area contributed by atoms with Crippen molar-refractivity contribution in [1.82, 2.24) is 10.2 Å². The average Bonchev–Trinajstić information content (AvgIpc) is 2.20. The fourth-order valence-electron chi connectivity index (χ4n) is 1.60. The minimum Gasteiger partial charge on any atom is -0.390 e. The third-order valence-electron chi connectivity index (χ3n) is 2.60. The van der Waals surface area contributed by atoms with Crippen LogP contribution in [0.4, 0.5) is 13.2 Å². The Morgan fingerprint density at radius 1 is 1.24 bits per heavy atom. The van der Waals surface area contributed by atoms with E-state index in [-0.39, 0.29) is 6.54 Å². The molecule has 0 spiro atoms. The van der Waals surface area contributed by atoms with Crippen LogP contribution in [0.3, 0.4) is 0 Å². The van der Waals surface area contributed by atoms with Crippen LogP contribution in [0, 0.1) is 0 Å². The number of rotatable bonds is 8. The van der Waals surface area contributed by atoms with Gasteiger partial charge < -0.3 is 15.3 Å². The van der Waals surface area contributed by atoms with Gasteiger partial charge in [-0.3, -0.25) is 0 Å². The monoisotopic (exact) mass is 256 g/mol. The first kappa shape index (κ1) is 16.7. The van der Waals surface area contributed by atoms with E-state index >= 15 is 0 Å². The van der Waals surface area contributed by atoms with Crippen molar-refractivity contribution in [1.29, 1.82) is 0 Å². The lowest BCUT2D eigenvalue weighted by Gasteiger charge is -2.23. The second kappa shape index (κ2) is 7.89. The van der Waals surface area contributed by atoms with Crippen LogP contribution in [0.15, 0.2) is 0 Å². The Labute approximate surface area is 101 Å². The lowest BCUT2D eigenvalue weighted by atomic mass is 10.2. The molecule has 0 heterocycles. The highest BCUT2D eigenvalue weighted by molar-refractivity contribution is 4.70. The number of likely N-dealkylation sites (N-methyl/N-ethyl adjacent to an activating group) is 1. The van der Waals surface area contributed by atoms with Crippen LogP contribution >= 0.6 is 0 Å². The molecule has 2 N–H and O–H groups in total. The Morgan fingerprint density at radius 2 is 1.76 bits per heavy atom. The quantitative estimate of drug-likeness (QED) is 0.692. The van der Waals surface area contributed by atoms with Gasteiger partial charge in [-0.25, -0.2) is 0 Å². The van der Waals surface area contributed by atoms with Gasteiger partial charge in [-0.15, -0.1) is 0 Å². The van der Waals surface area contributed by atoms with Crippen molar-refractivity contribution in [2.45, 2.75) is 45.5 Å². The molecule has 0 fully saturated rings. The third-order valence-corrected chi connectivity index (χ3v) is 2.60. The predicted molar refractivity (Wildman–Crippen MR) is 61.9 cm³/mol. The molecule has 0 aromatic heterocycles. The Kier molecular flexibility index (Phi) is 7.74. The number of aliphatic hydroxyl groups is 1. The second-order valence-electron chi connectivity index (χ2n) is 4.27. The summed E-state index contributed by atoms with van der Waals surface area (Å²) in [6.07, 6.45) is -5.66. The largest absolute Gasteiger partial charge is 0.390 e. The molecule has 0 saturated heterocycles. The van der Waals surface area contributed by atoms with Gasteiger partial charge in [0.05, 0.1) is 12.5 Å². The number of nitrogens with zero attached hydrogens (tertiary/aromatic N) is 1. The second-order valence-corrected chi connectivity index (χ2v) is 4.27. The zero-order valence-corrected chi connectivity index (χ0v) is 10.7. The summed E-state index contributed by atoms with van der Waals surface area (Å²) in [4.78, 5) is 2.03. The lowest BCUT2D eigenvalue weighted by Crippen LogP contribution is -2.41. The van der Waals surface area contributed by atoms with Crippen LogP contribution in [0.1, 0.15) is 27.2 Å². The molecule has 0 aliphatic heterocycles. The maximum Gasteiger partial charge on any atom is 0.390 e. The van der Waals surface area contributed by atoms with Gasteiger partial charge in [0.1, 0.15) is 0 Å². The van der Waals surface area contributed by atoms with E-state index in [9.17, 15) is 18.3 Å². The van der Waals surface area contributed by atoms with Crippen LogP contribution in [0.2, 0.25) is 0 Å². The topological polar surface area (TPSA) is 35.5 Å². The highest BCUT2D eigenvalue weighted by Gasteiger charge is 2.29. The van der Waals surface area contributed by atoms with Crippen molar-refractivity contribution in [2.24, 2.45) is 0 Å². The number of aliphatic hydroxyl groups excluding tert-OH is 1. The summed E-state index contributed by atoms with van der Waals surface area (Å²) >= 11 is 0. The van der Waals surface area contributed by atoms with Gasteiger partial charge >= 0.3 is 6.18 Å². The standard InChI is InChI=1S/C11H23F3N2O/c1-4-16(5-2)8-10(17)7-15-9(3)6-11(12,13)14/h9-10,15,17H,4-8H2,1-3H3. The summed E-state index contributed by atoms with van der Waals surface area (Å²) in [7, 11) is 0. The van der Waals surface area contributed by atoms with Gasteiger partial charge in [0.15, 0.2) is 0 Å². The highest BCUT2D eigenvalue weighted by Crippen LogP contribution is 2.21. The van der Waals surface area contributed by atoms with Crippen molar-refractivity contribution in [3.05, 3.63) is 0 Å².